The zero-order valence-electron chi connectivity index (χ0n) is 22.6. The van der Waals surface area contributed by atoms with Gasteiger partial charge in [0.1, 0.15) is 11.5 Å². The summed E-state index contributed by atoms with van der Waals surface area (Å²) in [5, 5.41) is 8.10. The average molecular weight is 569 g/mol. The Morgan fingerprint density at radius 2 is 1.46 bits per heavy atom. The fourth-order valence-corrected chi connectivity index (χ4v) is 4.41. The predicted octanol–water partition coefficient (Wildman–Crippen LogP) is 6.03. The molecule has 0 radical (unpaired) electrons. The van der Waals surface area contributed by atoms with Crippen LogP contribution in [0.25, 0.3) is 6.08 Å². The first-order valence-corrected chi connectivity index (χ1v) is 13.7. The van der Waals surface area contributed by atoms with Gasteiger partial charge in [0.05, 0.1) is 11.4 Å². The number of carbonyl (C=O) groups excluding carboxylic acids is 3. The molecule has 4 aromatic rings. The quantitative estimate of drug-likeness (QED) is 0.161. The maximum absolute atomic E-state index is 13.8. The van der Waals surface area contributed by atoms with Crippen LogP contribution in [0.4, 0.5) is 21.5 Å². The molecule has 0 unspecified atom stereocenters. The molecule has 0 bridgehead atoms. The van der Waals surface area contributed by atoms with Gasteiger partial charge in [-0.1, -0.05) is 42.5 Å². The number of hydrogen-bond donors (Lipinski definition) is 3. The zero-order valence-corrected chi connectivity index (χ0v) is 23.4. The van der Waals surface area contributed by atoms with Crippen LogP contribution in [0.1, 0.15) is 15.9 Å². The van der Waals surface area contributed by atoms with E-state index in [2.05, 4.69) is 16.0 Å². The van der Waals surface area contributed by atoms with Crippen molar-refractivity contribution in [2.45, 2.75) is 4.90 Å². The largest absolute Gasteiger partial charge is 0.378 e. The normalized spacial score (nSPS) is 11.0. The molecule has 4 aromatic carbocycles. The summed E-state index contributed by atoms with van der Waals surface area (Å²) in [6.45, 7) is 0. The number of benzene rings is 4. The lowest BCUT2D eigenvalue weighted by Crippen LogP contribution is -2.30. The second-order valence-corrected chi connectivity index (χ2v) is 10.2. The van der Waals surface area contributed by atoms with Gasteiger partial charge in [0.15, 0.2) is 0 Å². The van der Waals surface area contributed by atoms with Gasteiger partial charge in [0.2, 0.25) is 5.91 Å². The van der Waals surface area contributed by atoms with E-state index in [4.69, 9.17) is 0 Å². The molecule has 0 aliphatic carbocycles. The number of nitrogens with one attached hydrogen (secondary N) is 3. The summed E-state index contributed by atoms with van der Waals surface area (Å²) in [7, 11) is 3.88. The molecule has 0 saturated heterocycles. The zero-order chi connectivity index (χ0) is 29.2. The molecule has 4 rings (SSSR count). The highest BCUT2D eigenvalue weighted by Gasteiger charge is 2.15. The number of para-hydroxylation sites is 1. The van der Waals surface area contributed by atoms with Crippen molar-refractivity contribution in [1.82, 2.24) is 5.32 Å². The minimum absolute atomic E-state index is 0.0831. The van der Waals surface area contributed by atoms with Crippen molar-refractivity contribution in [3.63, 3.8) is 0 Å². The Hall–Kier alpha value is -4.89. The number of carbonyl (C=O) groups is 3. The molecule has 0 saturated carbocycles. The van der Waals surface area contributed by atoms with Crippen LogP contribution < -0.4 is 20.9 Å². The van der Waals surface area contributed by atoms with Crippen LogP contribution in [0.15, 0.2) is 114 Å². The minimum Gasteiger partial charge on any atom is -0.378 e. The van der Waals surface area contributed by atoms with Gasteiger partial charge in [-0.15, -0.1) is 11.8 Å². The van der Waals surface area contributed by atoms with Gasteiger partial charge in [-0.3, -0.25) is 14.4 Å². The Labute approximate surface area is 242 Å². The van der Waals surface area contributed by atoms with Crippen LogP contribution in [0, 0.1) is 5.82 Å². The molecule has 208 valence electrons. The molecule has 0 atom stereocenters. The van der Waals surface area contributed by atoms with Crippen LogP contribution in [0.2, 0.25) is 0 Å². The Morgan fingerprint density at radius 1 is 0.805 bits per heavy atom. The number of halogens is 1. The Morgan fingerprint density at radius 3 is 2.12 bits per heavy atom. The third kappa shape index (κ3) is 8.55. The highest BCUT2D eigenvalue weighted by atomic mass is 32.2. The molecule has 0 heterocycles. The van der Waals surface area contributed by atoms with E-state index < -0.39 is 17.6 Å². The first-order chi connectivity index (χ1) is 19.8. The third-order valence-corrected chi connectivity index (χ3v) is 6.89. The van der Waals surface area contributed by atoms with Gasteiger partial charge < -0.3 is 20.9 Å². The van der Waals surface area contributed by atoms with Crippen molar-refractivity contribution in [2.24, 2.45) is 0 Å². The van der Waals surface area contributed by atoms with Crippen molar-refractivity contribution in [3.05, 3.63) is 126 Å². The lowest BCUT2D eigenvalue weighted by atomic mass is 10.1. The maximum atomic E-state index is 13.8. The van der Waals surface area contributed by atoms with Gasteiger partial charge in [-0.25, -0.2) is 4.39 Å². The lowest BCUT2D eigenvalue weighted by Gasteiger charge is -2.13. The summed E-state index contributed by atoms with van der Waals surface area (Å²) in [5.74, 6) is -1.64. The molecular formula is C32H29FN4O3S. The summed E-state index contributed by atoms with van der Waals surface area (Å²) >= 11 is 1.28. The van der Waals surface area contributed by atoms with E-state index in [0.29, 0.717) is 11.3 Å². The molecule has 0 aromatic heterocycles. The molecule has 0 spiro atoms. The highest BCUT2D eigenvalue weighted by molar-refractivity contribution is 8.00. The second kappa shape index (κ2) is 14.0. The number of hydrogen-bond acceptors (Lipinski definition) is 5. The molecule has 0 fully saturated rings. The monoisotopic (exact) mass is 568 g/mol. The molecule has 0 aliphatic heterocycles. The Bertz CT molecular complexity index is 1540. The van der Waals surface area contributed by atoms with Crippen LogP contribution in [-0.4, -0.2) is 37.6 Å². The first-order valence-electron chi connectivity index (χ1n) is 12.7. The van der Waals surface area contributed by atoms with E-state index in [9.17, 15) is 18.8 Å². The summed E-state index contributed by atoms with van der Waals surface area (Å²) in [5.41, 5.74) is 2.90. The van der Waals surface area contributed by atoms with Crippen molar-refractivity contribution in [2.75, 3.05) is 35.4 Å². The summed E-state index contributed by atoms with van der Waals surface area (Å²) in [4.78, 5) is 41.1. The average Bonchev–Trinajstić information content (AvgIpc) is 2.98. The van der Waals surface area contributed by atoms with E-state index in [0.717, 1.165) is 16.1 Å². The van der Waals surface area contributed by atoms with Gasteiger partial charge in [0.25, 0.3) is 11.8 Å². The molecule has 3 N–H and O–H groups in total. The van der Waals surface area contributed by atoms with Gasteiger partial charge in [-0.2, -0.15) is 0 Å². The summed E-state index contributed by atoms with van der Waals surface area (Å²) in [6, 6.07) is 29.2. The van der Waals surface area contributed by atoms with Crippen LogP contribution in [0.3, 0.4) is 0 Å². The van der Waals surface area contributed by atoms with Crippen LogP contribution >= 0.6 is 11.8 Å². The number of rotatable bonds is 10. The first kappa shape index (κ1) is 29.1. The number of thioether (sulfide) groups is 1. The number of nitrogens with zero attached hydrogens (tertiary/aromatic N) is 1. The van der Waals surface area contributed by atoms with Crippen molar-refractivity contribution in [1.29, 1.82) is 0 Å². The van der Waals surface area contributed by atoms with Crippen LogP contribution in [0.5, 0.6) is 0 Å². The van der Waals surface area contributed by atoms with E-state index in [1.807, 2.05) is 49.3 Å². The van der Waals surface area contributed by atoms with Crippen LogP contribution in [-0.2, 0) is 9.59 Å². The molecule has 0 aliphatic rings. The van der Waals surface area contributed by atoms with Crippen molar-refractivity contribution < 1.29 is 18.8 Å². The Balaban J connectivity index is 1.42. The fraction of sp³-hybridized carbons (Fsp3) is 0.0938. The second-order valence-electron chi connectivity index (χ2n) is 9.16. The highest BCUT2D eigenvalue weighted by Crippen LogP contribution is 2.22. The molecular weight excluding hydrogens is 539 g/mol. The van der Waals surface area contributed by atoms with E-state index in [1.54, 1.807) is 66.7 Å². The van der Waals surface area contributed by atoms with Crippen molar-refractivity contribution >= 4 is 52.6 Å². The number of amides is 3. The SMILES string of the molecule is CN(C)c1ccc(/C=C(\NC(=O)c2ccccc2)C(=O)Nc2ccc(SCC(=O)Nc3ccccc3F)cc2)cc1. The molecule has 7 nitrogen and oxygen atoms in total. The molecule has 9 heteroatoms. The van der Waals surface area contributed by atoms with E-state index in [1.165, 1.54) is 23.9 Å². The minimum atomic E-state index is -0.495. The topological polar surface area (TPSA) is 90.5 Å². The summed E-state index contributed by atoms with van der Waals surface area (Å²) < 4.78 is 13.8. The van der Waals surface area contributed by atoms with E-state index >= 15 is 0 Å². The Kier molecular flexibility index (Phi) is 9.90. The lowest BCUT2D eigenvalue weighted by molar-refractivity contribution is -0.114. The van der Waals surface area contributed by atoms with Gasteiger partial charge in [-0.05, 0) is 72.3 Å². The third-order valence-electron chi connectivity index (χ3n) is 5.88. The van der Waals surface area contributed by atoms with Gasteiger partial charge >= 0.3 is 0 Å². The maximum Gasteiger partial charge on any atom is 0.272 e. The molecule has 41 heavy (non-hydrogen) atoms. The van der Waals surface area contributed by atoms with Gasteiger partial charge in [0, 0.05) is 35.9 Å². The van der Waals surface area contributed by atoms with Crippen molar-refractivity contribution in [3.8, 4) is 0 Å². The number of anilines is 3. The summed E-state index contributed by atoms with van der Waals surface area (Å²) in [6.07, 6.45) is 1.62. The smallest absolute Gasteiger partial charge is 0.272 e. The standard InChI is InChI=1S/C32H29FN4O3S/c1-37(2)25-16-12-22(13-17-25)20-29(36-31(39)23-8-4-3-5-9-23)32(40)34-24-14-18-26(19-15-24)41-21-30(38)35-28-11-7-6-10-27(28)33/h3-20H,21H2,1-2H3,(H,34,40)(H,35,38)(H,36,39)/b29-20-. The predicted molar refractivity (Wildman–Crippen MR) is 163 cm³/mol. The van der Waals surface area contributed by atoms with E-state index in [-0.39, 0.29) is 23.0 Å². The fourth-order valence-electron chi connectivity index (χ4n) is 3.71. The molecule has 3 amide bonds.